The lowest BCUT2D eigenvalue weighted by atomic mass is 9.95. The number of hydrogen-bond acceptors (Lipinski definition) is 6. The van der Waals surface area contributed by atoms with E-state index in [2.05, 4.69) is 20.5 Å². The smallest absolute Gasteiger partial charge is 0.303 e. The molecular formula is C14H20N4O4S. The fourth-order valence-corrected chi connectivity index (χ4v) is 3.06. The summed E-state index contributed by atoms with van der Waals surface area (Å²) < 4.78 is 0. The number of aromatic amines is 1. The van der Waals surface area contributed by atoms with Gasteiger partial charge in [0.1, 0.15) is 5.69 Å². The Bertz CT molecular complexity index is 613. The van der Waals surface area contributed by atoms with Crippen LogP contribution in [0.5, 0.6) is 0 Å². The number of carboxylic acids is 1. The highest BCUT2D eigenvalue weighted by molar-refractivity contribution is 7.99. The summed E-state index contributed by atoms with van der Waals surface area (Å²) in [6, 6.07) is 0.250. The van der Waals surface area contributed by atoms with Gasteiger partial charge in [-0.15, -0.1) is 10.2 Å². The number of rotatable bonds is 7. The third-order valence-corrected chi connectivity index (χ3v) is 4.49. The summed E-state index contributed by atoms with van der Waals surface area (Å²) >= 11 is 1.11. The molecular weight excluding hydrogens is 320 g/mol. The fraction of sp³-hybridized carbons (Fsp3) is 0.643. The fourth-order valence-electron chi connectivity index (χ4n) is 2.45. The van der Waals surface area contributed by atoms with Crippen LogP contribution in [0.4, 0.5) is 0 Å². The van der Waals surface area contributed by atoms with E-state index in [1.165, 1.54) is 6.42 Å². The average molecular weight is 340 g/mol. The number of H-pyrrole nitrogens is 1. The molecule has 1 heterocycles. The molecule has 1 aliphatic carbocycles. The van der Waals surface area contributed by atoms with E-state index in [1.54, 1.807) is 0 Å². The van der Waals surface area contributed by atoms with Gasteiger partial charge >= 0.3 is 5.97 Å². The standard InChI is InChI=1S/C14H20N4O4S/c19-11(15-9-4-2-1-3-5-9)8-23-14-16-13(22)10(17-18-14)6-7-12(20)21/h9H,1-8H2,(H,15,19)(H,20,21)(H,16,18,22). The molecule has 23 heavy (non-hydrogen) atoms. The van der Waals surface area contributed by atoms with Crippen molar-refractivity contribution in [2.45, 2.75) is 56.1 Å². The molecule has 8 nitrogen and oxygen atoms in total. The Morgan fingerprint density at radius 2 is 2.00 bits per heavy atom. The molecule has 0 unspecified atom stereocenters. The Hall–Kier alpha value is -1.90. The van der Waals surface area contributed by atoms with Crippen molar-refractivity contribution in [1.82, 2.24) is 20.5 Å². The van der Waals surface area contributed by atoms with Crippen LogP contribution in [0.25, 0.3) is 0 Å². The highest BCUT2D eigenvalue weighted by Crippen LogP contribution is 2.18. The van der Waals surface area contributed by atoms with Gasteiger partial charge in [0, 0.05) is 12.5 Å². The zero-order valence-electron chi connectivity index (χ0n) is 12.7. The summed E-state index contributed by atoms with van der Waals surface area (Å²) in [4.78, 5) is 36.6. The van der Waals surface area contributed by atoms with Gasteiger partial charge in [0.25, 0.3) is 5.56 Å². The Morgan fingerprint density at radius 3 is 2.65 bits per heavy atom. The number of hydrogen-bond donors (Lipinski definition) is 3. The zero-order chi connectivity index (χ0) is 16.7. The van der Waals surface area contributed by atoms with Gasteiger partial charge in [0.05, 0.1) is 12.2 Å². The molecule has 1 aromatic heterocycles. The first-order chi connectivity index (χ1) is 11.0. The van der Waals surface area contributed by atoms with Crippen LogP contribution in [-0.2, 0) is 16.0 Å². The number of aryl methyl sites for hydroxylation is 1. The summed E-state index contributed by atoms with van der Waals surface area (Å²) in [6.45, 7) is 0. The van der Waals surface area contributed by atoms with Gasteiger partial charge in [-0.25, -0.2) is 0 Å². The first-order valence-electron chi connectivity index (χ1n) is 7.64. The predicted molar refractivity (Wildman–Crippen MR) is 84.3 cm³/mol. The quantitative estimate of drug-likeness (QED) is 0.625. The van der Waals surface area contributed by atoms with Crippen molar-refractivity contribution in [2.24, 2.45) is 0 Å². The van der Waals surface area contributed by atoms with Gasteiger partial charge in [0.15, 0.2) is 5.16 Å². The number of nitrogens with zero attached hydrogens (tertiary/aromatic N) is 2. The molecule has 3 N–H and O–H groups in total. The lowest BCUT2D eigenvalue weighted by Crippen LogP contribution is -2.37. The number of carbonyl (C=O) groups is 2. The summed E-state index contributed by atoms with van der Waals surface area (Å²) in [5.74, 6) is -0.918. The second-order valence-corrected chi connectivity index (χ2v) is 6.45. The Balaban J connectivity index is 1.80. The van der Waals surface area contributed by atoms with Crippen molar-refractivity contribution in [3.05, 3.63) is 16.0 Å². The number of amides is 1. The summed E-state index contributed by atoms with van der Waals surface area (Å²) in [5, 5.41) is 19.4. The second-order valence-electron chi connectivity index (χ2n) is 5.49. The number of aliphatic carboxylic acids is 1. The molecule has 0 bridgehead atoms. The normalized spacial score (nSPS) is 15.3. The van der Waals surface area contributed by atoms with Crippen LogP contribution >= 0.6 is 11.8 Å². The summed E-state index contributed by atoms with van der Waals surface area (Å²) in [7, 11) is 0. The van der Waals surface area contributed by atoms with E-state index < -0.39 is 11.5 Å². The molecule has 1 aliphatic rings. The van der Waals surface area contributed by atoms with Gasteiger partial charge in [0.2, 0.25) is 5.91 Å². The third-order valence-electron chi connectivity index (χ3n) is 3.63. The van der Waals surface area contributed by atoms with Gasteiger partial charge in [-0.1, -0.05) is 31.0 Å². The largest absolute Gasteiger partial charge is 0.481 e. The van der Waals surface area contributed by atoms with Crippen LogP contribution in [0, 0.1) is 0 Å². The maximum atomic E-state index is 11.9. The summed E-state index contributed by atoms with van der Waals surface area (Å²) in [6.07, 6.45) is 5.42. The molecule has 9 heteroatoms. The van der Waals surface area contributed by atoms with Gasteiger partial charge in [-0.2, -0.15) is 0 Å². The van der Waals surface area contributed by atoms with Crippen LogP contribution in [0.1, 0.15) is 44.2 Å². The average Bonchev–Trinajstić information content (AvgIpc) is 2.53. The number of thioether (sulfide) groups is 1. The van der Waals surface area contributed by atoms with Crippen LogP contribution in [0.3, 0.4) is 0 Å². The van der Waals surface area contributed by atoms with Crippen LogP contribution < -0.4 is 10.9 Å². The molecule has 0 radical (unpaired) electrons. The van der Waals surface area contributed by atoms with E-state index >= 15 is 0 Å². The molecule has 126 valence electrons. The minimum absolute atomic E-state index is 0.0325. The monoisotopic (exact) mass is 340 g/mol. The molecule has 1 aromatic rings. The topological polar surface area (TPSA) is 125 Å². The molecule has 0 saturated heterocycles. The molecule has 1 amide bonds. The minimum atomic E-state index is -0.996. The number of aromatic nitrogens is 3. The molecule has 2 rings (SSSR count). The van der Waals surface area contributed by atoms with E-state index in [1.807, 2.05) is 0 Å². The first-order valence-corrected chi connectivity index (χ1v) is 8.63. The summed E-state index contributed by atoms with van der Waals surface area (Å²) in [5.41, 5.74) is -0.375. The molecule has 0 atom stereocenters. The van der Waals surface area contributed by atoms with E-state index in [0.717, 1.165) is 37.4 Å². The zero-order valence-corrected chi connectivity index (χ0v) is 13.5. The predicted octanol–water partition coefficient (Wildman–Crippen LogP) is 0.723. The second kappa shape index (κ2) is 8.66. The van der Waals surface area contributed by atoms with Crippen molar-refractivity contribution in [2.75, 3.05) is 5.75 Å². The van der Waals surface area contributed by atoms with E-state index in [9.17, 15) is 14.4 Å². The lowest BCUT2D eigenvalue weighted by Gasteiger charge is -2.22. The SMILES string of the molecule is O=C(O)CCc1nnc(SCC(=O)NC2CCCCC2)[nH]c1=O. The van der Waals surface area contributed by atoms with Gasteiger partial charge < -0.3 is 10.4 Å². The van der Waals surface area contributed by atoms with E-state index in [-0.39, 0.29) is 41.4 Å². The van der Waals surface area contributed by atoms with Gasteiger partial charge in [-0.3, -0.25) is 19.4 Å². The number of nitrogens with one attached hydrogen (secondary N) is 2. The molecule has 0 aromatic carbocycles. The first kappa shape index (κ1) is 17.5. The molecule has 0 aliphatic heterocycles. The lowest BCUT2D eigenvalue weighted by molar-refractivity contribution is -0.137. The van der Waals surface area contributed by atoms with Crippen molar-refractivity contribution < 1.29 is 14.7 Å². The van der Waals surface area contributed by atoms with Crippen molar-refractivity contribution in [1.29, 1.82) is 0 Å². The van der Waals surface area contributed by atoms with E-state index in [0.29, 0.717) is 0 Å². The van der Waals surface area contributed by atoms with E-state index in [4.69, 9.17) is 5.11 Å². The number of carbonyl (C=O) groups excluding carboxylic acids is 1. The van der Waals surface area contributed by atoms with Crippen molar-refractivity contribution in [3.63, 3.8) is 0 Å². The molecule has 0 spiro atoms. The van der Waals surface area contributed by atoms with Crippen LogP contribution in [0.15, 0.2) is 9.95 Å². The Labute approximate surface area is 137 Å². The third kappa shape index (κ3) is 6.01. The minimum Gasteiger partial charge on any atom is -0.481 e. The van der Waals surface area contributed by atoms with Crippen molar-refractivity contribution >= 4 is 23.6 Å². The number of carboxylic acid groups (broad SMARTS) is 1. The molecule has 1 saturated carbocycles. The Kier molecular flexibility index (Phi) is 6.57. The Morgan fingerprint density at radius 1 is 1.26 bits per heavy atom. The van der Waals surface area contributed by atoms with Gasteiger partial charge in [-0.05, 0) is 12.8 Å². The highest BCUT2D eigenvalue weighted by atomic mass is 32.2. The van der Waals surface area contributed by atoms with Crippen molar-refractivity contribution in [3.8, 4) is 0 Å². The molecule has 1 fully saturated rings. The maximum absolute atomic E-state index is 11.9. The van der Waals surface area contributed by atoms with Crippen LogP contribution in [0.2, 0.25) is 0 Å². The highest BCUT2D eigenvalue weighted by Gasteiger charge is 2.16. The van der Waals surface area contributed by atoms with Crippen LogP contribution in [-0.4, -0.2) is 44.0 Å². The maximum Gasteiger partial charge on any atom is 0.303 e.